The molecule has 1 aliphatic carbocycles. The summed E-state index contributed by atoms with van der Waals surface area (Å²) in [6, 6.07) is 0. The summed E-state index contributed by atoms with van der Waals surface area (Å²) in [5.41, 5.74) is -0.310. The third-order valence-corrected chi connectivity index (χ3v) is 4.60. The summed E-state index contributed by atoms with van der Waals surface area (Å²) in [4.78, 5) is 12.6. The van der Waals surface area contributed by atoms with E-state index in [2.05, 4.69) is 20.8 Å². The molecule has 0 spiro atoms. The molecule has 0 bridgehead atoms. The highest BCUT2D eigenvalue weighted by atomic mass is 16.7. The average Bonchev–Trinajstić information content (AvgIpc) is 2.41. The molecular weight excluding hydrogens is 264 g/mol. The molecule has 0 aromatic carbocycles. The summed E-state index contributed by atoms with van der Waals surface area (Å²) in [5, 5.41) is 0. The Kier molecular flexibility index (Phi) is 7.89. The molecular formula is C18H34O3. The zero-order chi connectivity index (χ0) is 15.9. The molecule has 0 heterocycles. The van der Waals surface area contributed by atoms with Gasteiger partial charge >= 0.3 is 0 Å². The van der Waals surface area contributed by atoms with E-state index in [9.17, 15) is 4.79 Å². The number of hydrogen-bond donors (Lipinski definition) is 0. The molecule has 1 unspecified atom stereocenters. The summed E-state index contributed by atoms with van der Waals surface area (Å²) in [6.07, 6.45) is 6.66. The first-order chi connectivity index (χ1) is 9.99. The maximum absolute atomic E-state index is 12.6. The van der Waals surface area contributed by atoms with Gasteiger partial charge in [-0.2, -0.15) is 0 Å². The summed E-state index contributed by atoms with van der Waals surface area (Å²) < 4.78 is 12.0. The molecule has 1 saturated carbocycles. The van der Waals surface area contributed by atoms with Crippen molar-refractivity contribution in [1.29, 1.82) is 0 Å². The Hall–Kier alpha value is -0.410. The molecule has 4 atom stereocenters. The fraction of sp³-hybridized carbons (Fsp3) is 0.944. The van der Waals surface area contributed by atoms with Crippen LogP contribution in [0.15, 0.2) is 0 Å². The van der Waals surface area contributed by atoms with Gasteiger partial charge in [-0.25, -0.2) is 0 Å². The Morgan fingerprint density at radius 1 is 1.29 bits per heavy atom. The number of Topliss-reactive ketones (excluding diaryl/α,β-unsaturated/α-hetero) is 1. The van der Waals surface area contributed by atoms with Gasteiger partial charge in [0.15, 0.2) is 6.29 Å². The quantitative estimate of drug-likeness (QED) is 0.577. The molecule has 3 heteroatoms. The monoisotopic (exact) mass is 298 g/mol. The van der Waals surface area contributed by atoms with Crippen LogP contribution >= 0.6 is 0 Å². The summed E-state index contributed by atoms with van der Waals surface area (Å²) >= 11 is 0. The van der Waals surface area contributed by atoms with Crippen LogP contribution in [0.3, 0.4) is 0 Å². The van der Waals surface area contributed by atoms with Crippen LogP contribution in [-0.4, -0.2) is 24.3 Å². The van der Waals surface area contributed by atoms with Crippen LogP contribution < -0.4 is 0 Å². The lowest BCUT2D eigenvalue weighted by Crippen LogP contribution is -2.51. The highest BCUT2D eigenvalue weighted by Crippen LogP contribution is 2.44. The molecule has 0 aromatic heterocycles. The van der Waals surface area contributed by atoms with E-state index in [0.29, 0.717) is 24.7 Å². The van der Waals surface area contributed by atoms with E-state index < -0.39 is 0 Å². The van der Waals surface area contributed by atoms with Gasteiger partial charge in [0.2, 0.25) is 0 Å². The van der Waals surface area contributed by atoms with Crippen molar-refractivity contribution >= 4 is 5.78 Å². The van der Waals surface area contributed by atoms with E-state index >= 15 is 0 Å². The first-order valence-corrected chi connectivity index (χ1v) is 8.81. The third kappa shape index (κ3) is 5.07. The molecule has 0 amide bonds. The van der Waals surface area contributed by atoms with Crippen molar-refractivity contribution in [3.05, 3.63) is 0 Å². The Morgan fingerprint density at radius 3 is 2.57 bits per heavy atom. The van der Waals surface area contributed by atoms with Gasteiger partial charge in [-0.05, 0) is 39.0 Å². The Morgan fingerprint density at radius 2 is 2.00 bits per heavy atom. The Labute approximate surface area is 130 Å². The largest absolute Gasteiger partial charge is 0.353 e. The number of unbranched alkanes of at least 4 members (excludes halogenated alkanes) is 1. The van der Waals surface area contributed by atoms with Gasteiger partial charge in [0.05, 0.1) is 5.60 Å². The van der Waals surface area contributed by atoms with Crippen LogP contribution in [0.1, 0.15) is 79.6 Å². The Bertz CT molecular complexity index is 316. The van der Waals surface area contributed by atoms with Crippen molar-refractivity contribution in [2.45, 2.75) is 91.5 Å². The van der Waals surface area contributed by atoms with E-state index in [4.69, 9.17) is 9.47 Å². The number of ether oxygens (including phenoxy) is 2. The molecule has 1 fully saturated rings. The minimum Gasteiger partial charge on any atom is -0.353 e. The summed E-state index contributed by atoms with van der Waals surface area (Å²) in [5.74, 6) is 0.861. The topological polar surface area (TPSA) is 35.5 Å². The molecule has 0 aromatic rings. The van der Waals surface area contributed by atoms with Gasteiger partial charge in [-0.15, -0.1) is 0 Å². The molecule has 124 valence electrons. The van der Waals surface area contributed by atoms with Crippen LogP contribution in [0.2, 0.25) is 0 Å². The second-order valence-corrected chi connectivity index (χ2v) is 6.63. The van der Waals surface area contributed by atoms with Crippen LogP contribution in [-0.2, 0) is 14.3 Å². The van der Waals surface area contributed by atoms with Crippen molar-refractivity contribution in [1.82, 2.24) is 0 Å². The number of carbonyl (C=O) groups excluding carboxylic acids is 1. The van der Waals surface area contributed by atoms with Gasteiger partial charge in [0.1, 0.15) is 5.78 Å². The van der Waals surface area contributed by atoms with E-state index in [1.165, 1.54) is 0 Å². The Balaban J connectivity index is 2.98. The first kappa shape index (κ1) is 18.6. The summed E-state index contributed by atoms with van der Waals surface area (Å²) in [7, 11) is 0. The predicted octanol–water partition coefficient (Wildman–Crippen LogP) is 4.73. The summed E-state index contributed by atoms with van der Waals surface area (Å²) in [6.45, 7) is 11.1. The van der Waals surface area contributed by atoms with Gasteiger partial charge in [-0.1, -0.05) is 40.0 Å². The molecule has 1 rings (SSSR count). The maximum atomic E-state index is 12.6. The van der Waals surface area contributed by atoms with Gasteiger partial charge in [-0.3, -0.25) is 4.79 Å². The van der Waals surface area contributed by atoms with Crippen LogP contribution in [0.4, 0.5) is 0 Å². The van der Waals surface area contributed by atoms with Gasteiger partial charge in [0.25, 0.3) is 0 Å². The van der Waals surface area contributed by atoms with Crippen molar-refractivity contribution in [2.75, 3.05) is 6.61 Å². The van der Waals surface area contributed by atoms with Crippen molar-refractivity contribution in [3.8, 4) is 0 Å². The first-order valence-electron chi connectivity index (χ1n) is 8.81. The van der Waals surface area contributed by atoms with Gasteiger partial charge < -0.3 is 9.47 Å². The number of rotatable bonds is 9. The van der Waals surface area contributed by atoms with Crippen molar-refractivity contribution in [3.63, 3.8) is 0 Å². The molecule has 0 saturated heterocycles. The van der Waals surface area contributed by atoms with Crippen molar-refractivity contribution in [2.24, 2.45) is 11.8 Å². The number of carbonyl (C=O) groups is 1. The molecule has 1 aliphatic rings. The molecule has 0 aliphatic heterocycles. The van der Waals surface area contributed by atoms with Gasteiger partial charge in [0, 0.05) is 18.9 Å². The molecule has 21 heavy (non-hydrogen) atoms. The highest BCUT2D eigenvalue weighted by molar-refractivity contribution is 5.83. The zero-order valence-corrected chi connectivity index (χ0v) is 14.6. The lowest BCUT2D eigenvalue weighted by atomic mass is 9.66. The standard InChI is InChI=1S/C18H34O3/c1-6-9-11-18(21-15(5)20-8-3)13-14(4)12-17(19)16(18)10-7-2/h14-16H,6-13H2,1-5H3/t14-,15?,16-,18+/m0/s1. The van der Waals surface area contributed by atoms with Crippen molar-refractivity contribution < 1.29 is 14.3 Å². The van der Waals surface area contributed by atoms with E-state index in [1.54, 1.807) is 0 Å². The average molecular weight is 298 g/mol. The van der Waals surface area contributed by atoms with E-state index in [0.717, 1.165) is 38.5 Å². The molecule has 0 N–H and O–H groups in total. The minimum atomic E-state index is -0.310. The zero-order valence-electron chi connectivity index (χ0n) is 14.6. The fourth-order valence-corrected chi connectivity index (χ4v) is 3.84. The smallest absolute Gasteiger partial charge is 0.155 e. The van der Waals surface area contributed by atoms with E-state index in [-0.39, 0.29) is 17.8 Å². The molecule has 0 radical (unpaired) electrons. The third-order valence-electron chi connectivity index (χ3n) is 4.60. The minimum absolute atomic E-state index is 0.0492. The SMILES string of the molecule is CCCC[C@@]1(OC(C)OCC)C[C@@H](C)CC(=O)[C@@H]1CCC. The van der Waals surface area contributed by atoms with Crippen LogP contribution in [0.25, 0.3) is 0 Å². The number of ketones is 1. The molecule has 3 nitrogen and oxygen atoms in total. The number of hydrogen-bond acceptors (Lipinski definition) is 3. The normalized spacial score (nSPS) is 31.4. The maximum Gasteiger partial charge on any atom is 0.155 e. The van der Waals surface area contributed by atoms with Crippen LogP contribution in [0.5, 0.6) is 0 Å². The lowest BCUT2D eigenvalue weighted by Gasteiger charge is -2.46. The fourth-order valence-electron chi connectivity index (χ4n) is 3.84. The second kappa shape index (κ2) is 8.89. The van der Waals surface area contributed by atoms with E-state index in [1.807, 2.05) is 13.8 Å². The predicted molar refractivity (Wildman–Crippen MR) is 86.2 cm³/mol. The van der Waals surface area contributed by atoms with Crippen LogP contribution in [0, 0.1) is 11.8 Å². The highest BCUT2D eigenvalue weighted by Gasteiger charge is 2.48. The second-order valence-electron chi connectivity index (χ2n) is 6.63. The lowest BCUT2D eigenvalue weighted by molar-refractivity contribution is -0.232.